The number of benzene rings is 2. The van der Waals surface area contributed by atoms with E-state index in [1.54, 1.807) is 34.1 Å². The Labute approximate surface area is 265 Å². The normalized spacial score (nSPS) is 18.5. The van der Waals surface area contributed by atoms with Crippen LogP contribution in [0.3, 0.4) is 0 Å². The lowest BCUT2D eigenvalue weighted by Crippen LogP contribution is -2.53. The van der Waals surface area contributed by atoms with Gasteiger partial charge in [0.25, 0.3) is 5.91 Å². The molecule has 0 aliphatic carbocycles. The van der Waals surface area contributed by atoms with Gasteiger partial charge in [-0.05, 0) is 62.5 Å². The molecule has 3 aliphatic rings. The molecule has 44 heavy (non-hydrogen) atoms. The number of primary amides is 1. The SMILES string of the molecule is N=C(Cc1ccc(F)c(C(=O)N2CCN(C(=O)CN3CCC(OC4CCNCC4)CC3)CC2)c1)c1ccccc1C(N)=O.S. The minimum atomic E-state index is -0.635. The largest absolute Gasteiger partial charge is 0.375 e. The Balaban J connectivity index is 0.00000442. The average Bonchev–Trinajstić information content (AvgIpc) is 3.03. The van der Waals surface area contributed by atoms with Gasteiger partial charge in [0.15, 0.2) is 0 Å². The van der Waals surface area contributed by atoms with Crippen molar-refractivity contribution in [2.75, 3.05) is 58.9 Å². The maximum absolute atomic E-state index is 14.8. The second kappa shape index (κ2) is 15.6. The highest BCUT2D eigenvalue weighted by Gasteiger charge is 2.29. The second-order valence-electron chi connectivity index (χ2n) is 11.6. The van der Waals surface area contributed by atoms with Crippen molar-refractivity contribution < 1.29 is 23.5 Å². The van der Waals surface area contributed by atoms with E-state index >= 15 is 0 Å². The molecule has 2 aromatic rings. The molecule has 5 rings (SSSR count). The summed E-state index contributed by atoms with van der Waals surface area (Å²) in [6.07, 6.45) is 4.69. The predicted molar refractivity (Wildman–Crippen MR) is 171 cm³/mol. The summed E-state index contributed by atoms with van der Waals surface area (Å²) < 4.78 is 21.1. The van der Waals surface area contributed by atoms with E-state index in [2.05, 4.69) is 10.2 Å². The molecule has 3 amide bonds. The summed E-state index contributed by atoms with van der Waals surface area (Å²) in [4.78, 5) is 43.6. The third-order valence-electron chi connectivity index (χ3n) is 8.64. The Morgan fingerprint density at radius 3 is 2.14 bits per heavy atom. The predicted octanol–water partition coefficient (Wildman–Crippen LogP) is 2.17. The lowest BCUT2D eigenvalue weighted by Gasteiger charge is -2.38. The van der Waals surface area contributed by atoms with Gasteiger partial charge in [0.2, 0.25) is 11.8 Å². The maximum atomic E-state index is 14.8. The fraction of sp³-hybridized carbons (Fsp3) is 0.500. The lowest BCUT2D eigenvalue weighted by atomic mass is 9.96. The topological polar surface area (TPSA) is 132 Å². The average molecular weight is 627 g/mol. The number of amides is 3. The van der Waals surface area contributed by atoms with Crippen LogP contribution in [0.15, 0.2) is 42.5 Å². The first-order chi connectivity index (χ1) is 20.8. The Kier molecular flexibility index (Phi) is 11.9. The highest BCUT2D eigenvalue weighted by atomic mass is 32.1. The molecule has 0 spiro atoms. The first-order valence-electron chi connectivity index (χ1n) is 15.2. The molecule has 238 valence electrons. The van der Waals surface area contributed by atoms with Crippen molar-refractivity contribution in [3.63, 3.8) is 0 Å². The molecule has 2 aromatic carbocycles. The number of nitrogens with two attached hydrogens (primary N) is 1. The van der Waals surface area contributed by atoms with Gasteiger partial charge >= 0.3 is 0 Å². The molecule has 3 saturated heterocycles. The quantitative estimate of drug-likeness (QED) is 0.366. The number of likely N-dealkylation sites (tertiary alicyclic amines) is 1. The Hall–Kier alpha value is -3.32. The number of carbonyl (C=O) groups is 3. The molecule has 12 heteroatoms. The molecule has 0 atom stereocenters. The van der Waals surface area contributed by atoms with Gasteiger partial charge in [-0.2, -0.15) is 13.5 Å². The molecule has 10 nitrogen and oxygen atoms in total. The number of nitrogens with zero attached hydrogens (tertiary/aromatic N) is 3. The number of ether oxygens (including phenoxy) is 1. The first-order valence-corrected chi connectivity index (χ1v) is 15.2. The number of halogens is 1. The van der Waals surface area contributed by atoms with Crippen molar-refractivity contribution in [1.29, 1.82) is 5.41 Å². The van der Waals surface area contributed by atoms with Crippen LogP contribution in [0.25, 0.3) is 0 Å². The van der Waals surface area contributed by atoms with Crippen molar-refractivity contribution in [3.8, 4) is 0 Å². The molecule has 3 heterocycles. The first kappa shape index (κ1) is 33.6. The lowest BCUT2D eigenvalue weighted by molar-refractivity contribution is -0.135. The van der Waals surface area contributed by atoms with E-state index in [4.69, 9.17) is 15.9 Å². The van der Waals surface area contributed by atoms with Gasteiger partial charge in [0.05, 0.1) is 24.3 Å². The van der Waals surface area contributed by atoms with Crippen LogP contribution in [-0.2, 0) is 16.0 Å². The van der Waals surface area contributed by atoms with Crippen LogP contribution in [-0.4, -0.2) is 109 Å². The van der Waals surface area contributed by atoms with Gasteiger partial charge in [-0.25, -0.2) is 4.39 Å². The highest BCUT2D eigenvalue weighted by molar-refractivity contribution is 7.59. The Morgan fingerprint density at radius 1 is 0.864 bits per heavy atom. The van der Waals surface area contributed by atoms with Crippen LogP contribution in [0.1, 0.15) is 57.5 Å². The van der Waals surface area contributed by atoms with Gasteiger partial charge in [-0.1, -0.05) is 24.3 Å². The number of piperazine rings is 1. The number of rotatable bonds is 9. The zero-order chi connectivity index (χ0) is 30.3. The van der Waals surface area contributed by atoms with E-state index in [0.29, 0.717) is 50.0 Å². The number of nitrogens with one attached hydrogen (secondary N) is 2. The molecule has 3 aliphatic heterocycles. The van der Waals surface area contributed by atoms with Crippen molar-refractivity contribution in [2.45, 2.75) is 44.3 Å². The molecule has 0 radical (unpaired) electrons. The molecule has 3 fully saturated rings. The molecule has 4 N–H and O–H groups in total. The van der Waals surface area contributed by atoms with Crippen LogP contribution in [0.4, 0.5) is 4.39 Å². The zero-order valence-electron chi connectivity index (χ0n) is 25.0. The Bertz CT molecular complexity index is 1340. The summed E-state index contributed by atoms with van der Waals surface area (Å²) in [6.45, 7) is 5.49. The highest BCUT2D eigenvalue weighted by Crippen LogP contribution is 2.21. The summed E-state index contributed by atoms with van der Waals surface area (Å²) in [5, 5.41) is 11.9. The van der Waals surface area contributed by atoms with Crippen LogP contribution in [0.5, 0.6) is 0 Å². The summed E-state index contributed by atoms with van der Waals surface area (Å²) >= 11 is 0. The summed E-state index contributed by atoms with van der Waals surface area (Å²) in [6, 6.07) is 10.8. The fourth-order valence-electron chi connectivity index (χ4n) is 6.13. The number of hydrogen-bond donors (Lipinski definition) is 3. The molecular formula is C32H43FN6O4S. The maximum Gasteiger partial charge on any atom is 0.256 e. The number of piperidine rings is 2. The van der Waals surface area contributed by atoms with Crippen molar-refractivity contribution in [2.24, 2.45) is 5.73 Å². The molecule has 0 aromatic heterocycles. The van der Waals surface area contributed by atoms with E-state index in [1.165, 1.54) is 18.2 Å². The van der Waals surface area contributed by atoms with Gasteiger partial charge in [-0.3, -0.25) is 19.3 Å². The van der Waals surface area contributed by atoms with Crippen LogP contribution >= 0.6 is 13.5 Å². The van der Waals surface area contributed by atoms with Gasteiger partial charge < -0.3 is 31.0 Å². The van der Waals surface area contributed by atoms with E-state index in [1.807, 2.05) is 0 Å². The molecule has 0 bridgehead atoms. The van der Waals surface area contributed by atoms with E-state index in [9.17, 15) is 18.8 Å². The third kappa shape index (κ3) is 8.44. The van der Waals surface area contributed by atoms with Crippen LogP contribution < -0.4 is 11.1 Å². The zero-order valence-corrected chi connectivity index (χ0v) is 26.0. The molecular weight excluding hydrogens is 583 g/mol. The smallest absolute Gasteiger partial charge is 0.256 e. The van der Waals surface area contributed by atoms with Crippen LogP contribution in [0.2, 0.25) is 0 Å². The van der Waals surface area contributed by atoms with E-state index < -0.39 is 17.6 Å². The summed E-state index contributed by atoms with van der Waals surface area (Å²) in [5.74, 6) is -1.65. The van der Waals surface area contributed by atoms with Crippen molar-refractivity contribution in [3.05, 3.63) is 70.5 Å². The van der Waals surface area contributed by atoms with Gasteiger partial charge in [0.1, 0.15) is 5.82 Å². The molecule has 0 unspecified atom stereocenters. The minimum absolute atomic E-state index is 0. The standard InChI is InChI=1S/C32H41FN6O4.H2S/c33-28-6-5-22(20-29(34)25-3-1-2-4-26(25)31(35)41)19-27(28)32(42)39-17-15-38(16-18-39)30(40)21-37-13-9-24(10-14-37)43-23-7-11-36-12-8-23;/h1-6,19,23-24,34,36H,7-18,20-21H2,(H2,35,41);1H2. The monoisotopic (exact) mass is 626 g/mol. The second-order valence-corrected chi connectivity index (χ2v) is 11.6. The summed E-state index contributed by atoms with van der Waals surface area (Å²) in [5.41, 5.74) is 6.75. The third-order valence-corrected chi connectivity index (χ3v) is 8.64. The van der Waals surface area contributed by atoms with Crippen molar-refractivity contribution >= 4 is 36.9 Å². The summed E-state index contributed by atoms with van der Waals surface area (Å²) in [7, 11) is 0. The fourth-order valence-corrected chi connectivity index (χ4v) is 6.13. The van der Waals surface area contributed by atoms with Gasteiger partial charge in [0, 0.05) is 62.5 Å². The number of hydrogen-bond acceptors (Lipinski definition) is 7. The van der Waals surface area contributed by atoms with E-state index in [-0.39, 0.29) is 48.8 Å². The Morgan fingerprint density at radius 2 is 1.48 bits per heavy atom. The van der Waals surface area contributed by atoms with E-state index in [0.717, 1.165) is 51.9 Å². The molecule has 0 saturated carbocycles. The van der Waals surface area contributed by atoms with Gasteiger partial charge in [-0.15, -0.1) is 0 Å². The number of carbonyl (C=O) groups excluding carboxylic acids is 3. The minimum Gasteiger partial charge on any atom is -0.375 e. The van der Waals surface area contributed by atoms with Crippen LogP contribution in [0, 0.1) is 11.2 Å². The van der Waals surface area contributed by atoms with Crippen molar-refractivity contribution in [1.82, 2.24) is 20.0 Å².